The van der Waals surface area contributed by atoms with Gasteiger partial charge in [-0.25, -0.2) is 13.2 Å². The van der Waals surface area contributed by atoms with Crippen LogP contribution in [-0.4, -0.2) is 50.4 Å². The third-order valence-corrected chi connectivity index (χ3v) is 5.59. The largest absolute Gasteiger partial charge is 0.505 e. The predicted octanol–water partition coefficient (Wildman–Crippen LogP) is 1.55. The summed E-state index contributed by atoms with van der Waals surface area (Å²) in [4.78, 5) is 26.7. The summed E-state index contributed by atoms with van der Waals surface area (Å²) in [6.07, 6.45) is -0.532. The highest BCUT2D eigenvalue weighted by Crippen LogP contribution is 2.36. The smallest absolute Gasteiger partial charge is 0.276 e. The summed E-state index contributed by atoms with van der Waals surface area (Å²) >= 11 is 0. The quantitative estimate of drug-likeness (QED) is 0.671. The molecule has 0 bridgehead atoms. The number of hydrogen-bond acceptors (Lipinski definition) is 5. The number of aliphatic hydroxyl groups is 1. The van der Waals surface area contributed by atoms with E-state index in [-0.39, 0.29) is 23.8 Å². The third kappa shape index (κ3) is 3.63. The number of halogens is 3. The molecular formula is C20H20F3N3O5. The van der Waals surface area contributed by atoms with Gasteiger partial charge >= 0.3 is 0 Å². The molecule has 3 atom stereocenters. The maximum atomic E-state index is 13.7. The molecule has 0 radical (unpaired) electrons. The van der Waals surface area contributed by atoms with Gasteiger partial charge < -0.3 is 29.7 Å². The van der Waals surface area contributed by atoms with Crippen LogP contribution in [0.15, 0.2) is 18.3 Å². The van der Waals surface area contributed by atoms with Crippen molar-refractivity contribution in [2.45, 2.75) is 44.8 Å². The zero-order valence-electron chi connectivity index (χ0n) is 16.4. The highest BCUT2D eigenvalue weighted by molar-refractivity contribution is 5.98. The van der Waals surface area contributed by atoms with Gasteiger partial charge in [0.15, 0.2) is 18.1 Å². The van der Waals surface area contributed by atoms with Crippen LogP contribution >= 0.6 is 0 Å². The number of nitrogens with one attached hydrogen (secondary N) is 1. The second kappa shape index (κ2) is 7.89. The Labute approximate surface area is 174 Å². The first-order valence-corrected chi connectivity index (χ1v) is 9.64. The van der Waals surface area contributed by atoms with Crippen molar-refractivity contribution < 1.29 is 37.7 Å². The fourth-order valence-electron chi connectivity index (χ4n) is 3.93. The van der Waals surface area contributed by atoms with Crippen molar-refractivity contribution in [2.75, 3.05) is 6.61 Å². The Morgan fingerprint density at radius 1 is 1.32 bits per heavy atom. The molecule has 4 rings (SSSR count). The number of carbonyl (C=O) groups excluding carboxylic acids is 2. The number of amides is 2. The first-order valence-electron chi connectivity index (χ1n) is 9.64. The first-order chi connectivity index (χ1) is 14.7. The van der Waals surface area contributed by atoms with Crippen molar-refractivity contribution >= 4 is 11.8 Å². The van der Waals surface area contributed by atoms with Gasteiger partial charge in [-0.3, -0.25) is 9.59 Å². The average molecular weight is 439 g/mol. The molecule has 0 saturated carbocycles. The summed E-state index contributed by atoms with van der Waals surface area (Å²) in [7, 11) is 0. The standard InChI is InChI=1S/C20H20F3N3O5/c1-9-2-3-31-15-8-25-7-12(17(27)16(25)20(30)26(9)15)18(28)19(29)24-6-11-13(22)4-10(21)5-14(11)23/h4-5,7,9,15,18,27-28H,2-3,6,8H2,1H3,(H,24,29)/t9-,15+,18?/m1/s1. The Morgan fingerprint density at radius 3 is 2.68 bits per heavy atom. The van der Waals surface area contributed by atoms with E-state index in [1.807, 2.05) is 6.92 Å². The van der Waals surface area contributed by atoms with Gasteiger partial charge in [0.1, 0.15) is 23.1 Å². The number of ether oxygens (including phenoxy) is 1. The van der Waals surface area contributed by atoms with Gasteiger partial charge in [-0.1, -0.05) is 0 Å². The van der Waals surface area contributed by atoms with E-state index in [0.29, 0.717) is 25.2 Å². The van der Waals surface area contributed by atoms with Gasteiger partial charge in [-0.15, -0.1) is 0 Å². The molecular weight excluding hydrogens is 419 g/mol. The lowest BCUT2D eigenvalue weighted by atomic mass is 10.1. The van der Waals surface area contributed by atoms with Crippen molar-refractivity contribution in [3.63, 3.8) is 0 Å². The zero-order valence-corrected chi connectivity index (χ0v) is 16.4. The summed E-state index contributed by atoms with van der Waals surface area (Å²) in [6.45, 7) is 1.90. The lowest BCUT2D eigenvalue weighted by Gasteiger charge is -2.43. The molecule has 3 heterocycles. The molecule has 31 heavy (non-hydrogen) atoms. The van der Waals surface area contributed by atoms with Crippen LogP contribution in [-0.2, 0) is 22.6 Å². The van der Waals surface area contributed by atoms with E-state index in [4.69, 9.17) is 4.74 Å². The van der Waals surface area contributed by atoms with Crippen LogP contribution in [0.2, 0.25) is 0 Å². The molecule has 0 spiro atoms. The highest BCUT2D eigenvalue weighted by atomic mass is 19.1. The van der Waals surface area contributed by atoms with Crippen LogP contribution in [0.1, 0.15) is 41.1 Å². The molecule has 166 valence electrons. The molecule has 11 heteroatoms. The second-order valence-electron chi connectivity index (χ2n) is 7.58. The maximum Gasteiger partial charge on any atom is 0.276 e. The van der Waals surface area contributed by atoms with Crippen molar-refractivity contribution in [2.24, 2.45) is 0 Å². The maximum absolute atomic E-state index is 13.7. The summed E-state index contributed by atoms with van der Waals surface area (Å²) in [5, 5.41) is 23.1. The second-order valence-corrected chi connectivity index (χ2v) is 7.58. The summed E-state index contributed by atoms with van der Waals surface area (Å²) < 4.78 is 47.5. The van der Waals surface area contributed by atoms with Gasteiger partial charge in [0.25, 0.3) is 11.8 Å². The van der Waals surface area contributed by atoms with E-state index in [1.165, 1.54) is 15.7 Å². The van der Waals surface area contributed by atoms with E-state index in [2.05, 4.69) is 5.32 Å². The molecule has 3 N–H and O–H groups in total. The molecule has 2 aliphatic rings. The van der Waals surface area contributed by atoms with Crippen molar-refractivity contribution in [3.05, 3.63) is 52.6 Å². The van der Waals surface area contributed by atoms with Crippen LogP contribution in [0.5, 0.6) is 5.75 Å². The Hall–Kier alpha value is -3.05. The van der Waals surface area contributed by atoms with Crippen LogP contribution in [0, 0.1) is 17.5 Å². The number of aliphatic hydroxyl groups excluding tert-OH is 1. The fraction of sp³-hybridized carbons (Fsp3) is 0.400. The van der Waals surface area contributed by atoms with E-state index < -0.39 is 59.5 Å². The van der Waals surface area contributed by atoms with Gasteiger partial charge in [0.2, 0.25) is 0 Å². The summed E-state index contributed by atoms with van der Waals surface area (Å²) in [6, 6.07) is 0.836. The molecule has 1 aromatic heterocycles. The Kier molecular flexibility index (Phi) is 5.40. The number of hydrogen-bond donors (Lipinski definition) is 3. The van der Waals surface area contributed by atoms with E-state index >= 15 is 0 Å². The van der Waals surface area contributed by atoms with Crippen LogP contribution in [0.25, 0.3) is 0 Å². The minimum atomic E-state index is -1.91. The summed E-state index contributed by atoms with van der Waals surface area (Å²) in [5.41, 5.74) is -0.889. The lowest BCUT2D eigenvalue weighted by molar-refractivity contribution is -0.129. The minimum absolute atomic E-state index is 0.0777. The number of rotatable bonds is 4. The Bertz CT molecular complexity index is 1030. The lowest BCUT2D eigenvalue weighted by Crippen LogP contribution is -2.56. The number of fused-ring (bicyclic) bond motifs is 2. The Morgan fingerprint density at radius 2 is 2.00 bits per heavy atom. The third-order valence-electron chi connectivity index (χ3n) is 5.59. The topological polar surface area (TPSA) is 104 Å². The van der Waals surface area contributed by atoms with Gasteiger partial charge in [-0.2, -0.15) is 0 Å². The number of nitrogens with zero attached hydrogens (tertiary/aromatic N) is 2. The monoisotopic (exact) mass is 439 g/mol. The van der Waals surface area contributed by atoms with Crippen molar-refractivity contribution in [1.82, 2.24) is 14.8 Å². The number of carbonyl (C=O) groups is 2. The van der Waals surface area contributed by atoms with Crippen molar-refractivity contribution in [3.8, 4) is 5.75 Å². The van der Waals surface area contributed by atoms with Gasteiger partial charge in [0.05, 0.1) is 18.7 Å². The van der Waals surface area contributed by atoms with Gasteiger partial charge in [-0.05, 0) is 13.3 Å². The normalized spacial score (nSPS) is 21.5. The molecule has 2 amide bonds. The zero-order chi connectivity index (χ0) is 22.4. The van der Waals surface area contributed by atoms with Crippen LogP contribution < -0.4 is 5.32 Å². The fourth-order valence-corrected chi connectivity index (χ4v) is 3.93. The molecule has 1 saturated heterocycles. The molecule has 1 aromatic carbocycles. The molecule has 1 unspecified atom stereocenters. The van der Waals surface area contributed by atoms with E-state index in [0.717, 1.165) is 0 Å². The van der Waals surface area contributed by atoms with Crippen LogP contribution in [0.3, 0.4) is 0 Å². The average Bonchev–Trinajstić information content (AvgIpc) is 3.03. The first kappa shape index (κ1) is 21.2. The molecule has 0 aliphatic carbocycles. The SMILES string of the molecule is C[C@@H]1CCO[C@H]2Cn3cc(C(O)C(=O)NCc4c(F)cc(F)cc4F)c(O)c3C(=O)N12. The van der Waals surface area contributed by atoms with Crippen molar-refractivity contribution in [1.29, 1.82) is 0 Å². The number of benzene rings is 1. The summed E-state index contributed by atoms with van der Waals surface area (Å²) in [5.74, 6) is -5.58. The van der Waals surface area contributed by atoms with Gasteiger partial charge in [0, 0.05) is 36.5 Å². The van der Waals surface area contributed by atoms with Crippen LogP contribution in [0.4, 0.5) is 13.2 Å². The molecule has 8 nitrogen and oxygen atoms in total. The number of aromatic nitrogens is 1. The molecule has 2 aromatic rings. The van der Waals surface area contributed by atoms with E-state index in [1.54, 1.807) is 0 Å². The minimum Gasteiger partial charge on any atom is -0.505 e. The number of aromatic hydroxyl groups is 1. The van der Waals surface area contributed by atoms with E-state index in [9.17, 15) is 33.0 Å². The highest BCUT2D eigenvalue weighted by Gasteiger charge is 2.42. The molecule has 2 aliphatic heterocycles. The Balaban J connectivity index is 1.54. The predicted molar refractivity (Wildman–Crippen MR) is 99.2 cm³/mol. The molecule has 1 fully saturated rings.